The fourth-order valence-electron chi connectivity index (χ4n) is 1.83. The van der Waals surface area contributed by atoms with Crippen molar-refractivity contribution in [2.75, 3.05) is 26.7 Å². The number of hydrogen-bond acceptors (Lipinski definition) is 2. The van der Waals surface area contributed by atoms with Gasteiger partial charge in [0.25, 0.3) is 0 Å². The molecule has 1 aromatic rings. The summed E-state index contributed by atoms with van der Waals surface area (Å²) in [6.45, 7) is 6.45. The van der Waals surface area contributed by atoms with Crippen molar-refractivity contribution in [1.29, 1.82) is 0 Å². The normalized spacial score (nSPS) is 11.1. The topological polar surface area (TPSA) is 15.3 Å². The zero-order chi connectivity index (χ0) is 12.5. The van der Waals surface area contributed by atoms with Gasteiger partial charge in [0.05, 0.1) is 0 Å². The molecule has 0 atom stereocenters. The quantitative estimate of drug-likeness (QED) is 0.717. The van der Waals surface area contributed by atoms with E-state index in [0.29, 0.717) is 0 Å². The van der Waals surface area contributed by atoms with E-state index in [2.05, 4.69) is 30.3 Å². The molecule has 0 amide bonds. The largest absolute Gasteiger partial charge is 0.317 e. The summed E-state index contributed by atoms with van der Waals surface area (Å²) < 4.78 is 0. The maximum Gasteiger partial charge on any atom is 0.0409 e. The van der Waals surface area contributed by atoms with E-state index < -0.39 is 0 Å². The lowest BCUT2D eigenvalue weighted by Gasteiger charge is -2.16. The van der Waals surface area contributed by atoms with Crippen LogP contribution in [0.2, 0.25) is 5.02 Å². The molecule has 96 valence electrons. The zero-order valence-corrected chi connectivity index (χ0v) is 11.6. The molecule has 0 spiro atoms. The number of nitrogens with one attached hydrogen (secondary N) is 1. The third-order valence-corrected chi connectivity index (χ3v) is 2.97. The van der Waals surface area contributed by atoms with Gasteiger partial charge < -0.3 is 10.2 Å². The zero-order valence-electron chi connectivity index (χ0n) is 10.9. The van der Waals surface area contributed by atoms with Gasteiger partial charge in [0, 0.05) is 11.6 Å². The number of benzene rings is 1. The fourth-order valence-corrected chi connectivity index (χ4v) is 2.05. The summed E-state index contributed by atoms with van der Waals surface area (Å²) in [4.78, 5) is 2.34. The van der Waals surface area contributed by atoms with Gasteiger partial charge in [-0.1, -0.05) is 30.7 Å². The molecule has 0 saturated carbocycles. The van der Waals surface area contributed by atoms with Crippen molar-refractivity contribution in [2.45, 2.75) is 26.3 Å². The van der Waals surface area contributed by atoms with Crippen molar-refractivity contribution in [3.63, 3.8) is 0 Å². The molecule has 1 aromatic carbocycles. The highest BCUT2D eigenvalue weighted by molar-refractivity contribution is 6.30. The van der Waals surface area contributed by atoms with E-state index in [9.17, 15) is 0 Å². The van der Waals surface area contributed by atoms with Gasteiger partial charge in [-0.15, -0.1) is 0 Å². The van der Waals surface area contributed by atoms with Crippen LogP contribution < -0.4 is 5.32 Å². The first-order chi connectivity index (χ1) is 8.22. The Balaban J connectivity index is 2.18. The van der Waals surface area contributed by atoms with E-state index in [4.69, 9.17) is 11.6 Å². The average Bonchev–Trinajstić information content (AvgIpc) is 2.29. The Morgan fingerprint density at radius 3 is 2.82 bits per heavy atom. The molecule has 3 heteroatoms. The van der Waals surface area contributed by atoms with Crippen LogP contribution in [0.15, 0.2) is 24.3 Å². The molecule has 0 aliphatic carbocycles. The Morgan fingerprint density at radius 2 is 2.12 bits per heavy atom. The molecule has 1 rings (SSSR count). The number of nitrogens with zero attached hydrogens (tertiary/aromatic N) is 1. The number of unbranched alkanes of at least 4 members (excludes halogenated alkanes) is 1. The minimum Gasteiger partial charge on any atom is -0.317 e. The summed E-state index contributed by atoms with van der Waals surface area (Å²) in [5.41, 5.74) is 1.28. The smallest absolute Gasteiger partial charge is 0.0409 e. The molecule has 0 aliphatic heterocycles. The van der Waals surface area contributed by atoms with Crippen LogP contribution in [0.4, 0.5) is 0 Å². The van der Waals surface area contributed by atoms with Crippen LogP contribution in [-0.4, -0.2) is 31.6 Å². The first-order valence-electron chi connectivity index (χ1n) is 6.36. The third-order valence-electron chi connectivity index (χ3n) is 2.73. The van der Waals surface area contributed by atoms with Crippen LogP contribution in [0.5, 0.6) is 0 Å². The van der Waals surface area contributed by atoms with Crippen molar-refractivity contribution in [3.05, 3.63) is 34.9 Å². The Kier molecular flexibility index (Phi) is 7.25. The second-order valence-electron chi connectivity index (χ2n) is 4.43. The van der Waals surface area contributed by atoms with Gasteiger partial charge in [0.1, 0.15) is 0 Å². The number of halogens is 1. The molecule has 0 heterocycles. The first kappa shape index (κ1) is 14.5. The van der Waals surface area contributed by atoms with Crippen LogP contribution in [0, 0.1) is 0 Å². The highest BCUT2D eigenvalue weighted by Crippen LogP contribution is 2.12. The van der Waals surface area contributed by atoms with E-state index >= 15 is 0 Å². The van der Waals surface area contributed by atoms with E-state index in [1.54, 1.807) is 0 Å². The molecule has 0 radical (unpaired) electrons. The lowest BCUT2D eigenvalue weighted by molar-refractivity contribution is 0.318. The van der Waals surface area contributed by atoms with Crippen LogP contribution in [-0.2, 0) is 6.54 Å². The summed E-state index contributed by atoms with van der Waals surface area (Å²) in [7, 11) is 2.16. The molecule has 1 N–H and O–H groups in total. The van der Waals surface area contributed by atoms with Crippen LogP contribution in [0.1, 0.15) is 25.3 Å². The Labute approximate surface area is 110 Å². The standard InChI is InChI=1S/C14H23ClN2/c1-3-16-9-4-5-10-17(2)12-13-7-6-8-14(15)11-13/h6-8,11,16H,3-5,9-10,12H2,1-2H3. The van der Waals surface area contributed by atoms with Crippen molar-refractivity contribution < 1.29 is 0 Å². The summed E-state index contributed by atoms with van der Waals surface area (Å²) in [6, 6.07) is 8.09. The van der Waals surface area contributed by atoms with Crippen LogP contribution in [0.25, 0.3) is 0 Å². The highest BCUT2D eigenvalue weighted by atomic mass is 35.5. The van der Waals surface area contributed by atoms with Gasteiger partial charge in [0.2, 0.25) is 0 Å². The molecular formula is C14H23ClN2. The minimum atomic E-state index is 0.822. The van der Waals surface area contributed by atoms with Crippen molar-refractivity contribution >= 4 is 11.6 Å². The van der Waals surface area contributed by atoms with Gasteiger partial charge in [-0.25, -0.2) is 0 Å². The van der Waals surface area contributed by atoms with E-state index in [-0.39, 0.29) is 0 Å². The molecule has 17 heavy (non-hydrogen) atoms. The summed E-state index contributed by atoms with van der Waals surface area (Å²) in [5.74, 6) is 0. The second-order valence-corrected chi connectivity index (χ2v) is 4.86. The van der Waals surface area contributed by atoms with E-state index in [1.165, 1.54) is 18.4 Å². The SMILES string of the molecule is CCNCCCCN(C)Cc1cccc(Cl)c1. The van der Waals surface area contributed by atoms with E-state index in [1.807, 2.05) is 18.2 Å². The van der Waals surface area contributed by atoms with Gasteiger partial charge in [-0.2, -0.15) is 0 Å². The summed E-state index contributed by atoms with van der Waals surface area (Å²) >= 11 is 5.96. The van der Waals surface area contributed by atoms with Gasteiger partial charge in [0.15, 0.2) is 0 Å². The third kappa shape index (κ3) is 6.67. The number of rotatable bonds is 8. The second kappa shape index (κ2) is 8.51. The summed E-state index contributed by atoms with van der Waals surface area (Å²) in [5, 5.41) is 4.17. The van der Waals surface area contributed by atoms with Crippen molar-refractivity contribution in [1.82, 2.24) is 10.2 Å². The first-order valence-corrected chi connectivity index (χ1v) is 6.74. The van der Waals surface area contributed by atoms with E-state index in [0.717, 1.165) is 31.2 Å². The monoisotopic (exact) mass is 254 g/mol. The average molecular weight is 255 g/mol. The Bertz CT molecular complexity index is 315. The molecule has 0 saturated heterocycles. The fraction of sp³-hybridized carbons (Fsp3) is 0.571. The molecule has 2 nitrogen and oxygen atoms in total. The summed E-state index contributed by atoms with van der Waals surface area (Å²) in [6.07, 6.45) is 2.48. The maximum absolute atomic E-state index is 5.96. The molecule has 0 unspecified atom stereocenters. The van der Waals surface area contributed by atoms with Gasteiger partial charge >= 0.3 is 0 Å². The highest BCUT2D eigenvalue weighted by Gasteiger charge is 2.00. The van der Waals surface area contributed by atoms with Gasteiger partial charge in [-0.3, -0.25) is 0 Å². The minimum absolute atomic E-state index is 0.822. The Morgan fingerprint density at radius 1 is 1.29 bits per heavy atom. The molecular weight excluding hydrogens is 232 g/mol. The van der Waals surface area contributed by atoms with Crippen molar-refractivity contribution in [2.24, 2.45) is 0 Å². The molecule has 0 fully saturated rings. The Hall–Kier alpha value is -0.570. The lowest BCUT2D eigenvalue weighted by atomic mass is 10.2. The maximum atomic E-state index is 5.96. The lowest BCUT2D eigenvalue weighted by Crippen LogP contribution is -2.21. The predicted molar refractivity (Wildman–Crippen MR) is 75.6 cm³/mol. The molecule has 0 aliphatic rings. The van der Waals surface area contributed by atoms with Crippen LogP contribution >= 0.6 is 11.6 Å². The van der Waals surface area contributed by atoms with Crippen molar-refractivity contribution in [3.8, 4) is 0 Å². The predicted octanol–water partition coefficient (Wildman–Crippen LogP) is 3.16. The molecule has 0 bridgehead atoms. The molecule has 0 aromatic heterocycles. The van der Waals surface area contributed by atoms with Gasteiger partial charge in [-0.05, 0) is 57.2 Å². The number of hydrogen-bond donors (Lipinski definition) is 1. The van der Waals surface area contributed by atoms with Crippen LogP contribution in [0.3, 0.4) is 0 Å².